The molecule has 18 heteroatoms. The number of amides is 3. The molecule has 1 aromatic heterocycles. The second-order valence-electron chi connectivity index (χ2n) is 11.2. The topological polar surface area (TPSA) is 192 Å². The van der Waals surface area contributed by atoms with Gasteiger partial charge in [0.05, 0.1) is 6.61 Å². The highest BCUT2D eigenvalue weighted by atomic mass is 19.4. The summed E-state index contributed by atoms with van der Waals surface area (Å²) in [6.07, 6.45) is -4.22. The van der Waals surface area contributed by atoms with E-state index in [-0.39, 0.29) is 63.3 Å². The van der Waals surface area contributed by atoms with E-state index in [4.69, 9.17) is 19.4 Å². The van der Waals surface area contributed by atoms with Crippen molar-refractivity contribution < 1.29 is 56.8 Å². The van der Waals surface area contributed by atoms with Gasteiger partial charge >= 0.3 is 24.2 Å². The maximum atomic E-state index is 13.5. The third kappa shape index (κ3) is 12.2. The molecule has 1 aromatic carbocycles. The minimum Gasteiger partial charge on any atom is -0.481 e. The number of likely N-dealkylation sites (N-methyl/N-ethyl adjacent to an activating group) is 1. The number of carbonyl (C=O) groups excluding carboxylic acids is 3. The zero-order valence-corrected chi connectivity index (χ0v) is 27.0. The Morgan fingerprint density at radius 2 is 1.63 bits per heavy atom. The Hall–Kier alpha value is -5.00. The zero-order valence-electron chi connectivity index (χ0n) is 27.0. The molecule has 2 saturated heterocycles. The van der Waals surface area contributed by atoms with Gasteiger partial charge in [-0.3, -0.25) is 14.4 Å². The Balaban J connectivity index is 0.000000838. The SMILES string of the molecule is CCOC(=O)N1CCN(C(=O)[C@H](CCC(=O)O)NC(=O)c2cc(OC3CCCN(C)C3)nc(-c3ccccc3)n2)CC1.O=C(O)C(F)(F)F. The molecule has 2 aliphatic heterocycles. The van der Waals surface area contributed by atoms with Crippen LogP contribution in [0.4, 0.5) is 18.0 Å². The summed E-state index contributed by atoms with van der Waals surface area (Å²) in [6, 6.07) is 9.53. The van der Waals surface area contributed by atoms with Gasteiger partial charge in [0, 0.05) is 50.8 Å². The van der Waals surface area contributed by atoms with Crippen molar-refractivity contribution in [3.8, 4) is 17.3 Å². The first-order valence-electron chi connectivity index (χ1n) is 15.5. The number of halogens is 3. The van der Waals surface area contributed by atoms with Gasteiger partial charge in [0.15, 0.2) is 5.82 Å². The van der Waals surface area contributed by atoms with Crippen LogP contribution in [0.3, 0.4) is 0 Å². The van der Waals surface area contributed by atoms with Crippen molar-refractivity contribution in [2.45, 2.75) is 50.9 Å². The predicted octanol–water partition coefficient (Wildman–Crippen LogP) is 2.51. The number of carbonyl (C=O) groups is 5. The third-order valence-corrected chi connectivity index (χ3v) is 7.45. The lowest BCUT2D eigenvalue weighted by Gasteiger charge is -2.35. The molecular weight excluding hydrogens is 657 g/mol. The number of nitrogens with zero attached hydrogens (tertiary/aromatic N) is 5. The maximum absolute atomic E-state index is 13.5. The Bertz CT molecular complexity index is 1460. The number of alkyl halides is 3. The van der Waals surface area contributed by atoms with Gasteiger partial charge in [0.1, 0.15) is 17.8 Å². The van der Waals surface area contributed by atoms with Crippen LogP contribution in [-0.2, 0) is 19.1 Å². The quantitative estimate of drug-likeness (QED) is 0.330. The van der Waals surface area contributed by atoms with Crippen LogP contribution in [0.15, 0.2) is 36.4 Å². The minimum atomic E-state index is -5.08. The summed E-state index contributed by atoms with van der Waals surface area (Å²) in [6.45, 7) is 4.68. The van der Waals surface area contributed by atoms with E-state index in [1.165, 1.54) is 15.9 Å². The highest BCUT2D eigenvalue weighted by Gasteiger charge is 2.38. The largest absolute Gasteiger partial charge is 0.490 e. The smallest absolute Gasteiger partial charge is 0.481 e. The molecule has 2 atom stereocenters. The second-order valence-corrected chi connectivity index (χ2v) is 11.2. The van der Waals surface area contributed by atoms with Gasteiger partial charge in [-0.2, -0.15) is 18.2 Å². The van der Waals surface area contributed by atoms with Gasteiger partial charge < -0.3 is 39.7 Å². The van der Waals surface area contributed by atoms with Gasteiger partial charge in [-0.05, 0) is 39.8 Å². The average molecular weight is 697 g/mol. The molecule has 2 aliphatic rings. The number of nitrogens with one attached hydrogen (secondary N) is 1. The zero-order chi connectivity index (χ0) is 36.1. The first kappa shape index (κ1) is 38.4. The van der Waals surface area contributed by atoms with E-state index in [1.807, 2.05) is 37.4 Å². The average Bonchev–Trinajstić information content (AvgIpc) is 3.06. The van der Waals surface area contributed by atoms with E-state index >= 15 is 0 Å². The van der Waals surface area contributed by atoms with Crippen molar-refractivity contribution in [1.29, 1.82) is 0 Å². The number of carboxylic acid groups (broad SMARTS) is 2. The Morgan fingerprint density at radius 1 is 1.00 bits per heavy atom. The molecule has 2 fully saturated rings. The third-order valence-electron chi connectivity index (χ3n) is 7.45. The van der Waals surface area contributed by atoms with Crippen molar-refractivity contribution in [1.82, 2.24) is 30.0 Å². The molecule has 49 heavy (non-hydrogen) atoms. The minimum absolute atomic E-state index is 0.00303. The van der Waals surface area contributed by atoms with Crippen LogP contribution < -0.4 is 10.1 Å². The number of hydrogen-bond acceptors (Lipinski definition) is 10. The van der Waals surface area contributed by atoms with Crippen LogP contribution in [0.5, 0.6) is 5.88 Å². The normalized spacial score (nSPS) is 17.2. The number of aromatic nitrogens is 2. The lowest BCUT2D eigenvalue weighted by atomic mass is 10.1. The van der Waals surface area contributed by atoms with Crippen LogP contribution in [0.25, 0.3) is 11.4 Å². The second kappa shape index (κ2) is 18.0. The summed E-state index contributed by atoms with van der Waals surface area (Å²) < 4.78 is 43.0. The van der Waals surface area contributed by atoms with Gasteiger partial charge in [-0.25, -0.2) is 14.6 Å². The summed E-state index contributed by atoms with van der Waals surface area (Å²) in [5.74, 6) is -4.37. The summed E-state index contributed by atoms with van der Waals surface area (Å²) in [5, 5.41) is 19.1. The highest BCUT2D eigenvalue weighted by molar-refractivity contribution is 5.96. The van der Waals surface area contributed by atoms with Crippen LogP contribution in [0, 0.1) is 0 Å². The number of piperazine rings is 1. The highest BCUT2D eigenvalue weighted by Crippen LogP contribution is 2.22. The van der Waals surface area contributed by atoms with Crippen LogP contribution in [0.2, 0.25) is 0 Å². The maximum Gasteiger partial charge on any atom is 0.490 e. The van der Waals surface area contributed by atoms with Gasteiger partial charge in [-0.1, -0.05) is 30.3 Å². The van der Waals surface area contributed by atoms with Crippen molar-refractivity contribution in [3.05, 3.63) is 42.1 Å². The molecule has 3 amide bonds. The number of ether oxygens (including phenoxy) is 2. The standard InChI is InChI=1S/C29H38N6O7.C2HF3O2/c1-3-41-29(40)35-16-14-34(15-17-35)28(39)22(11-12-25(36)37)31-27(38)23-18-24(42-21-10-7-13-33(2)19-21)32-26(30-23)20-8-5-4-6-9-20;3-2(4,5)1(6)7/h4-6,8-9,18,21-22H,3,7,10-17,19H2,1-2H3,(H,31,38)(H,36,37);(H,6,7)/t21?,22-;/m0./s1. The number of carboxylic acids is 2. The predicted molar refractivity (Wildman–Crippen MR) is 166 cm³/mol. The molecule has 15 nitrogen and oxygen atoms in total. The van der Waals surface area contributed by atoms with Crippen molar-refractivity contribution in [2.24, 2.45) is 0 Å². The molecule has 0 spiro atoms. The van der Waals surface area contributed by atoms with E-state index in [0.29, 0.717) is 11.4 Å². The first-order chi connectivity index (χ1) is 23.2. The molecule has 0 radical (unpaired) electrons. The fraction of sp³-hybridized carbons (Fsp3) is 0.516. The number of benzene rings is 1. The number of hydrogen-bond donors (Lipinski definition) is 3. The molecule has 268 valence electrons. The molecule has 0 aliphatic carbocycles. The fourth-order valence-corrected chi connectivity index (χ4v) is 5.01. The molecule has 0 saturated carbocycles. The lowest BCUT2D eigenvalue weighted by Crippen LogP contribution is -2.56. The van der Waals surface area contributed by atoms with Gasteiger partial charge in [0.25, 0.3) is 5.91 Å². The van der Waals surface area contributed by atoms with Crippen molar-refractivity contribution in [3.63, 3.8) is 0 Å². The number of likely N-dealkylation sites (tertiary alicyclic amines) is 1. The van der Waals surface area contributed by atoms with Crippen LogP contribution >= 0.6 is 0 Å². The molecule has 0 bridgehead atoms. The van der Waals surface area contributed by atoms with Gasteiger partial charge in [0.2, 0.25) is 11.8 Å². The molecule has 3 heterocycles. The first-order valence-corrected chi connectivity index (χ1v) is 15.5. The fourth-order valence-electron chi connectivity index (χ4n) is 5.01. The summed E-state index contributed by atoms with van der Waals surface area (Å²) in [4.78, 5) is 73.5. The Morgan fingerprint density at radius 3 is 2.20 bits per heavy atom. The van der Waals surface area contributed by atoms with Crippen LogP contribution in [0.1, 0.15) is 43.1 Å². The number of rotatable bonds is 10. The molecule has 4 rings (SSSR count). The summed E-state index contributed by atoms with van der Waals surface area (Å²) in [5.41, 5.74) is 0.694. The summed E-state index contributed by atoms with van der Waals surface area (Å²) >= 11 is 0. The monoisotopic (exact) mass is 696 g/mol. The molecule has 1 unspecified atom stereocenters. The van der Waals surface area contributed by atoms with E-state index in [2.05, 4.69) is 20.2 Å². The van der Waals surface area contributed by atoms with E-state index in [1.54, 1.807) is 6.92 Å². The van der Waals surface area contributed by atoms with Crippen LogP contribution in [-0.4, -0.2) is 136 Å². The van der Waals surface area contributed by atoms with E-state index in [0.717, 1.165) is 25.9 Å². The summed E-state index contributed by atoms with van der Waals surface area (Å²) in [7, 11) is 2.02. The Kier molecular flexibility index (Phi) is 14.1. The van der Waals surface area contributed by atoms with Crippen molar-refractivity contribution in [2.75, 3.05) is 52.9 Å². The lowest BCUT2D eigenvalue weighted by molar-refractivity contribution is -0.192. The molecule has 3 N–H and O–H groups in total. The van der Waals surface area contributed by atoms with Gasteiger partial charge in [-0.15, -0.1) is 0 Å². The Labute approximate surface area is 280 Å². The molecular formula is C31H39F3N6O9. The number of aliphatic carboxylic acids is 2. The van der Waals surface area contributed by atoms with Crippen molar-refractivity contribution >= 4 is 29.8 Å². The number of piperidine rings is 1. The van der Waals surface area contributed by atoms with E-state index < -0.39 is 42.1 Å². The van der Waals surface area contributed by atoms with E-state index in [9.17, 15) is 37.5 Å². The molecule has 2 aromatic rings.